The fourth-order valence-corrected chi connectivity index (χ4v) is 4.97. The Kier molecular flexibility index (Phi) is 3.86. The molecule has 0 aromatic carbocycles. The van der Waals surface area contributed by atoms with Gasteiger partial charge in [0.2, 0.25) is 0 Å². The maximum absolute atomic E-state index is 11.7. The van der Waals surface area contributed by atoms with Crippen molar-refractivity contribution in [2.24, 2.45) is 18.9 Å². The average molecular weight is 297 g/mol. The summed E-state index contributed by atoms with van der Waals surface area (Å²) in [5.41, 5.74) is 1.07. The van der Waals surface area contributed by atoms with Crippen LogP contribution in [0.25, 0.3) is 0 Å². The van der Waals surface area contributed by atoms with Crippen LogP contribution in [-0.2, 0) is 23.3 Å². The van der Waals surface area contributed by atoms with Gasteiger partial charge in [-0.2, -0.15) is 5.10 Å². The molecule has 2 heterocycles. The van der Waals surface area contributed by atoms with E-state index in [2.05, 4.69) is 10.4 Å². The van der Waals surface area contributed by atoms with Crippen LogP contribution in [-0.4, -0.2) is 42.3 Å². The summed E-state index contributed by atoms with van der Waals surface area (Å²) in [6, 6.07) is 2.70. The molecule has 1 saturated carbocycles. The van der Waals surface area contributed by atoms with E-state index in [1.807, 2.05) is 24.0 Å². The molecule has 1 aromatic rings. The molecular weight excluding hydrogens is 274 g/mol. The van der Waals surface area contributed by atoms with E-state index in [-0.39, 0.29) is 5.92 Å². The Labute approximate surface area is 120 Å². The topological polar surface area (TPSA) is 64.0 Å². The monoisotopic (exact) mass is 297 g/mol. The summed E-state index contributed by atoms with van der Waals surface area (Å²) < 4.78 is 25.2. The zero-order valence-electron chi connectivity index (χ0n) is 12.0. The number of aromatic nitrogens is 2. The Hall–Kier alpha value is -0.880. The third kappa shape index (κ3) is 3.61. The molecule has 5 nitrogen and oxygen atoms in total. The quantitative estimate of drug-likeness (QED) is 0.842. The van der Waals surface area contributed by atoms with Crippen molar-refractivity contribution >= 4 is 9.84 Å². The lowest BCUT2D eigenvalue weighted by atomic mass is 9.88. The summed E-state index contributed by atoms with van der Waals surface area (Å²) in [7, 11) is -0.886. The molecule has 2 aliphatic rings. The molecule has 2 atom stereocenters. The molecule has 0 spiro atoms. The standard InChI is InChI=1S/C14H23N3O2S/c1-17-6-4-14(16-17)8-12(9-15-13-2-3-13)11-5-7-20(18,19)10-11/h4,6,11-13,15H,2-3,5,7-10H2,1H3. The minimum Gasteiger partial charge on any atom is -0.314 e. The highest BCUT2D eigenvalue weighted by molar-refractivity contribution is 7.91. The summed E-state index contributed by atoms with van der Waals surface area (Å²) in [5.74, 6) is 1.38. The Morgan fingerprint density at radius 1 is 1.45 bits per heavy atom. The van der Waals surface area contributed by atoms with Crippen molar-refractivity contribution in [3.8, 4) is 0 Å². The zero-order chi connectivity index (χ0) is 14.2. The first kappa shape index (κ1) is 14.1. The van der Waals surface area contributed by atoms with Gasteiger partial charge in [-0.05, 0) is 50.1 Å². The first-order valence-corrected chi connectivity index (χ1v) is 9.26. The highest BCUT2D eigenvalue weighted by Crippen LogP contribution is 2.29. The maximum atomic E-state index is 11.7. The molecule has 1 aliphatic heterocycles. The van der Waals surface area contributed by atoms with E-state index in [4.69, 9.17) is 0 Å². The van der Waals surface area contributed by atoms with Crippen LogP contribution in [0.15, 0.2) is 12.3 Å². The molecule has 0 radical (unpaired) electrons. The van der Waals surface area contributed by atoms with E-state index >= 15 is 0 Å². The first-order chi connectivity index (χ1) is 9.52. The van der Waals surface area contributed by atoms with Crippen LogP contribution in [0.4, 0.5) is 0 Å². The normalized spacial score (nSPS) is 26.8. The molecule has 1 aromatic heterocycles. The number of nitrogens with one attached hydrogen (secondary N) is 1. The molecule has 1 saturated heterocycles. The molecule has 1 aliphatic carbocycles. The van der Waals surface area contributed by atoms with Gasteiger partial charge < -0.3 is 5.32 Å². The van der Waals surface area contributed by atoms with Crippen molar-refractivity contribution in [2.45, 2.75) is 31.7 Å². The van der Waals surface area contributed by atoms with E-state index in [1.165, 1.54) is 12.8 Å². The molecule has 6 heteroatoms. The van der Waals surface area contributed by atoms with Crippen molar-refractivity contribution in [1.29, 1.82) is 0 Å². The van der Waals surface area contributed by atoms with Gasteiger partial charge in [-0.15, -0.1) is 0 Å². The van der Waals surface area contributed by atoms with Crippen LogP contribution >= 0.6 is 0 Å². The summed E-state index contributed by atoms with van der Waals surface area (Å²) in [4.78, 5) is 0. The van der Waals surface area contributed by atoms with Crippen LogP contribution in [0.2, 0.25) is 0 Å². The molecule has 0 amide bonds. The SMILES string of the molecule is Cn1ccc(CC(CNC2CC2)C2CCS(=O)(=O)C2)n1. The molecule has 0 bridgehead atoms. The van der Waals surface area contributed by atoms with Crippen LogP contribution in [0.1, 0.15) is 25.0 Å². The van der Waals surface area contributed by atoms with Gasteiger partial charge in [0.1, 0.15) is 0 Å². The third-order valence-corrected chi connectivity index (χ3v) is 6.21. The Balaban J connectivity index is 1.66. The second-order valence-corrected chi connectivity index (χ2v) is 8.52. The van der Waals surface area contributed by atoms with Gasteiger partial charge in [-0.3, -0.25) is 4.68 Å². The average Bonchev–Trinajstić information content (AvgIpc) is 3.02. The van der Waals surface area contributed by atoms with Gasteiger partial charge in [0.15, 0.2) is 9.84 Å². The number of rotatable bonds is 6. The highest BCUT2D eigenvalue weighted by Gasteiger charge is 2.34. The fraction of sp³-hybridized carbons (Fsp3) is 0.786. The number of hydrogen-bond donors (Lipinski definition) is 1. The molecule has 1 N–H and O–H groups in total. The van der Waals surface area contributed by atoms with Gasteiger partial charge in [0.05, 0.1) is 17.2 Å². The van der Waals surface area contributed by atoms with Crippen molar-refractivity contribution in [3.05, 3.63) is 18.0 Å². The predicted molar refractivity (Wildman–Crippen MR) is 78.2 cm³/mol. The lowest BCUT2D eigenvalue weighted by Crippen LogP contribution is -2.32. The molecule has 112 valence electrons. The molecule has 2 fully saturated rings. The van der Waals surface area contributed by atoms with Gasteiger partial charge in [-0.25, -0.2) is 8.42 Å². The molecule has 20 heavy (non-hydrogen) atoms. The van der Waals surface area contributed by atoms with E-state index < -0.39 is 9.84 Å². The van der Waals surface area contributed by atoms with E-state index in [0.717, 1.165) is 25.1 Å². The fourth-order valence-electron chi connectivity index (χ4n) is 3.05. The maximum Gasteiger partial charge on any atom is 0.150 e. The van der Waals surface area contributed by atoms with Gasteiger partial charge in [-0.1, -0.05) is 0 Å². The Morgan fingerprint density at radius 3 is 2.80 bits per heavy atom. The number of sulfone groups is 1. The molecular formula is C14H23N3O2S. The van der Waals surface area contributed by atoms with E-state index in [9.17, 15) is 8.42 Å². The Morgan fingerprint density at radius 2 is 2.25 bits per heavy atom. The van der Waals surface area contributed by atoms with Crippen molar-refractivity contribution < 1.29 is 8.42 Å². The lowest BCUT2D eigenvalue weighted by Gasteiger charge is -2.22. The minimum atomic E-state index is -2.80. The second-order valence-electron chi connectivity index (χ2n) is 6.29. The van der Waals surface area contributed by atoms with Crippen LogP contribution in [0, 0.1) is 11.8 Å². The summed E-state index contributed by atoms with van der Waals surface area (Å²) in [6.45, 7) is 0.918. The largest absolute Gasteiger partial charge is 0.314 e. The van der Waals surface area contributed by atoms with Crippen LogP contribution < -0.4 is 5.32 Å². The van der Waals surface area contributed by atoms with E-state index in [0.29, 0.717) is 23.5 Å². The molecule has 3 rings (SSSR count). The van der Waals surface area contributed by atoms with Gasteiger partial charge >= 0.3 is 0 Å². The zero-order valence-corrected chi connectivity index (χ0v) is 12.8. The number of hydrogen-bond acceptors (Lipinski definition) is 4. The summed E-state index contributed by atoms with van der Waals surface area (Å²) in [6.07, 6.45) is 6.16. The van der Waals surface area contributed by atoms with Gasteiger partial charge in [0, 0.05) is 19.3 Å². The highest BCUT2D eigenvalue weighted by atomic mass is 32.2. The summed E-state index contributed by atoms with van der Waals surface area (Å²) >= 11 is 0. The van der Waals surface area contributed by atoms with E-state index in [1.54, 1.807) is 0 Å². The Bertz CT molecular complexity index is 563. The van der Waals surface area contributed by atoms with Crippen molar-refractivity contribution in [1.82, 2.24) is 15.1 Å². The van der Waals surface area contributed by atoms with Crippen molar-refractivity contribution in [3.63, 3.8) is 0 Å². The summed E-state index contributed by atoms with van der Waals surface area (Å²) in [5, 5.41) is 8.00. The third-order valence-electron chi connectivity index (χ3n) is 4.42. The number of nitrogens with zero attached hydrogens (tertiary/aromatic N) is 2. The smallest absolute Gasteiger partial charge is 0.150 e. The van der Waals surface area contributed by atoms with Crippen molar-refractivity contribution in [2.75, 3.05) is 18.1 Å². The minimum absolute atomic E-state index is 0.285. The second kappa shape index (κ2) is 5.48. The number of aryl methyl sites for hydroxylation is 1. The van der Waals surface area contributed by atoms with Crippen LogP contribution in [0.3, 0.4) is 0 Å². The van der Waals surface area contributed by atoms with Gasteiger partial charge in [0.25, 0.3) is 0 Å². The first-order valence-electron chi connectivity index (χ1n) is 7.44. The predicted octanol–water partition coefficient (Wildman–Crippen LogP) is 0.766. The van der Waals surface area contributed by atoms with Crippen LogP contribution in [0.5, 0.6) is 0 Å². The lowest BCUT2D eigenvalue weighted by molar-refractivity contribution is 0.339. The molecule has 2 unspecified atom stereocenters.